The topological polar surface area (TPSA) is 162 Å². The molecule has 0 bridgehead atoms. The maximum atomic E-state index is 11.6. The van der Waals surface area contributed by atoms with Gasteiger partial charge in [0.15, 0.2) is 5.69 Å². The van der Waals surface area contributed by atoms with Gasteiger partial charge >= 0.3 is 5.95 Å². The van der Waals surface area contributed by atoms with E-state index in [2.05, 4.69) is 38.0 Å². The van der Waals surface area contributed by atoms with Crippen LogP contribution in [0.3, 0.4) is 0 Å². The van der Waals surface area contributed by atoms with E-state index < -0.39 is 0 Å². The van der Waals surface area contributed by atoms with E-state index in [1.807, 2.05) is 19.1 Å². The Hall–Kier alpha value is -5.03. The van der Waals surface area contributed by atoms with Crippen LogP contribution in [-0.2, 0) is 18.4 Å². The van der Waals surface area contributed by atoms with Crippen molar-refractivity contribution in [2.45, 2.75) is 51.4 Å². The minimum atomic E-state index is -0.0353. The third-order valence-corrected chi connectivity index (χ3v) is 7.86. The number of aromatic nitrogens is 6. The molecule has 0 unspecified atom stereocenters. The van der Waals surface area contributed by atoms with Crippen molar-refractivity contribution in [3.05, 3.63) is 52.9 Å². The summed E-state index contributed by atoms with van der Waals surface area (Å²) in [5, 5.41) is 25.0. The van der Waals surface area contributed by atoms with Gasteiger partial charge in [-0.05, 0) is 44.7 Å². The molecule has 14 heteroatoms. The zero-order valence-corrected chi connectivity index (χ0v) is 24.8. The Kier molecular flexibility index (Phi) is 8.38. The maximum absolute atomic E-state index is 11.6. The zero-order valence-electron chi connectivity index (χ0n) is 24.8. The average molecular weight is 599 g/mol. The van der Waals surface area contributed by atoms with E-state index in [1.54, 1.807) is 30.1 Å². The van der Waals surface area contributed by atoms with Gasteiger partial charge in [0.25, 0.3) is 0 Å². The van der Waals surface area contributed by atoms with Gasteiger partial charge in [-0.15, -0.1) is 0 Å². The van der Waals surface area contributed by atoms with E-state index in [0.717, 1.165) is 61.2 Å². The molecule has 14 nitrogen and oxygen atoms in total. The Morgan fingerprint density at radius 2 is 1.91 bits per heavy atom. The maximum Gasteiger partial charge on any atom is 0.398 e. The molecule has 0 spiro atoms. The van der Waals surface area contributed by atoms with Crippen LogP contribution in [0.1, 0.15) is 42.8 Å². The number of hydrogen-bond donors (Lipinski definition) is 1. The van der Waals surface area contributed by atoms with Crippen molar-refractivity contribution in [3.63, 3.8) is 0 Å². The predicted octanol–water partition coefficient (Wildman–Crippen LogP) is 3.39. The van der Waals surface area contributed by atoms with E-state index in [4.69, 9.17) is 24.2 Å². The van der Waals surface area contributed by atoms with Gasteiger partial charge in [0.2, 0.25) is 11.8 Å². The fourth-order valence-corrected chi connectivity index (χ4v) is 5.50. The normalized spacial score (nSPS) is 18.5. The molecule has 6 rings (SSSR count). The van der Waals surface area contributed by atoms with Gasteiger partial charge in [-0.2, -0.15) is 10.2 Å². The molecule has 1 aliphatic carbocycles. The molecule has 1 aliphatic heterocycles. The highest BCUT2D eigenvalue weighted by Crippen LogP contribution is 2.33. The monoisotopic (exact) mass is 598 g/mol. The summed E-state index contributed by atoms with van der Waals surface area (Å²) in [5.74, 6) is 2.53. The summed E-state index contributed by atoms with van der Waals surface area (Å²) in [6.45, 7) is 8.17. The number of nitrogens with one attached hydrogen (secondary N) is 1. The second-order valence-electron chi connectivity index (χ2n) is 11.0. The van der Waals surface area contributed by atoms with Crippen molar-refractivity contribution in [1.29, 1.82) is 5.26 Å². The molecule has 0 amide bonds. The highest BCUT2D eigenvalue weighted by molar-refractivity contribution is 5.87. The van der Waals surface area contributed by atoms with Crippen molar-refractivity contribution in [1.82, 2.24) is 29.5 Å². The molecule has 0 radical (unpaired) electrons. The van der Waals surface area contributed by atoms with Crippen LogP contribution in [-0.4, -0.2) is 79.4 Å². The number of imidazole rings is 1. The van der Waals surface area contributed by atoms with Crippen molar-refractivity contribution >= 4 is 35.3 Å². The lowest BCUT2D eigenvalue weighted by Gasteiger charge is -2.31. The summed E-state index contributed by atoms with van der Waals surface area (Å²) in [6, 6.07) is 7.80. The van der Waals surface area contributed by atoms with Crippen LogP contribution in [0.4, 0.5) is 17.7 Å². The Balaban J connectivity index is 1.19. The number of fused-ring (bicyclic) bond motifs is 1. The van der Waals surface area contributed by atoms with E-state index in [9.17, 15) is 10.5 Å². The Morgan fingerprint density at radius 3 is 2.64 bits per heavy atom. The molecule has 4 aromatic heterocycles. The molecule has 0 aromatic carbocycles. The smallest absolute Gasteiger partial charge is 0.398 e. The number of nitriles is 1. The lowest BCUT2D eigenvalue weighted by atomic mass is 9.93. The quantitative estimate of drug-likeness (QED) is 0.130. The number of rotatable bonds is 9. The lowest BCUT2D eigenvalue weighted by Crippen LogP contribution is -2.37. The van der Waals surface area contributed by atoms with Crippen LogP contribution in [0.5, 0.6) is 11.6 Å². The minimum Gasteiger partial charge on any atom is -0.741 e. The molecule has 2 fully saturated rings. The van der Waals surface area contributed by atoms with Crippen LogP contribution >= 0.6 is 0 Å². The molecular weight excluding hydrogens is 564 g/mol. The molecule has 1 N–H and O–H groups in total. The Bertz CT molecular complexity index is 1700. The van der Waals surface area contributed by atoms with Gasteiger partial charge in [-0.1, -0.05) is 4.98 Å². The SMILES string of the molecule is C=[N+]([O-])c1ncc(COc2cnc3cc(N4CCOCC4)nc(OC4CCC(Nc5nc(C)cc(C#N)n5)CC4)c3c2)n1C. The number of pyridine rings is 2. The van der Waals surface area contributed by atoms with Gasteiger partial charge < -0.3 is 29.6 Å². The molecule has 4 aromatic rings. The molecule has 44 heavy (non-hydrogen) atoms. The minimum absolute atomic E-state index is 0.0353. The van der Waals surface area contributed by atoms with Crippen molar-refractivity contribution in [2.24, 2.45) is 7.05 Å². The fraction of sp³-hybridized carbons (Fsp3) is 0.433. The molecule has 1 saturated carbocycles. The number of nitrogens with zero attached hydrogens (tertiary/aromatic N) is 9. The molecule has 228 valence electrons. The molecule has 2 aliphatic rings. The summed E-state index contributed by atoms with van der Waals surface area (Å²) in [6.07, 6.45) is 6.58. The van der Waals surface area contributed by atoms with E-state index in [-0.39, 0.29) is 24.7 Å². The van der Waals surface area contributed by atoms with Gasteiger partial charge in [0.05, 0.1) is 37.4 Å². The summed E-state index contributed by atoms with van der Waals surface area (Å²) >= 11 is 0. The largest absolute Gasteiger partial charge is 0.741 e. The molecular formula is C30H34N10O4. The summed E-state index contributed by atoms with van der Waals surface area (Å²) < 4.78 is 20.3. The zero-order chi connectivity index (χ0) is 30.6. The predicted molar refractivity (Wildman–Crippen MR) is 162 cm³/mol. The van der Waals surface area contributed by atoms with Gasteiger partial charge in [0, 0.05) is 37.6 Å². The number of ether oxygens (including phenoxy) is 3. The van der Waals surface area contributed by atoms with E-state index >= 15 is 0 Å². The highest BCUT2D eigenvalue weighted by Gasteiger charge is 2.26. The number of anilines is 2. The van der Waals surface area contributed by atoms with Crippen LogP contribution in [0.2, 0.25) is 0 Å². The second kappa shape index (κ2) is 12.7. The van der Waals surface area contributed by atoms with Gasteiger partial charge in [0.1, 0.15) is 42.2 Å². The number of aryl methyl sites for hydroxylation is 1. The van der Waals surface area contributed by atoms with E-state index in [0.29, 0.717) is 46.9 Å². The molecule has 1 saturated heterocycles. The number of hydrogen-bond acceptors (Lipinski definition) is 12. The molecule has 0 atom stereocenters. The summed E-state index contributed by atoms with van der Waals surface area (Å²) in [5.41, 5.74) is 2.58. The third kappa shape index (κ3) is 6.47. The van der Waals surface area contributed by atoms with Crippen LogP contribution in [0.25, 0.3) is 10.9 Å². The lowest BCUT2D eigenvalue weighted by molar-refractivity contribution is -0.362. The van der Waals surface area contributed by atoms with Gasteiger partial charge in [-0.25, -0.2) is 14.5 Å². The van der Waals surface area contributed by atoms with Gasteiger partial charge in [-0.3, -0.25) is 9.72 Å². The van der Waals surface area contributed by atoms with E-state index in [1.165, 1.54) is 0 Å². The first-order valence-electron chi connectivity index (χ1n) is 14.6. The van der Waals surface area contributed by atoms with Crippen molar-refractivity contribution < 1.29 is 18.9 Å². The first-order chi connectivity index (χ1) is 21.4. The summed E-state index contributed by atoms with van der Waals surface area (Å²) in [7, 11) is 1.74. The average Bonchev–Trinajstić information content (AvgIpc) is 3.41. The van der Waals surface area contributed by atoms with Crippen LogP contribution in [0.15, 0.2) is 30.6 Å². The van der Waals surface area contributed by atoms with Crippen LogP contribution in [0, 0.1) is 23.5 Å². The van der Waals surface area contributed by atoms with Crippen LogP contribution < -0.4 is 19.7 Å². The third-order valence-electron chi connectivity index (χ3n) is 7.86. The number of morpholine rings is 1. The molecule has 5 heterocycles. The second-order valence-corrected chi connectivity index (χ2v) is 11.0. The first kappa shape index (κ1) is 29.1. The standard InChI is InChI=1S/C30H34N10O4/c1-19-12-21(15-31)36-29(34-19)35-20-4-6-23(7-5-20)44-28-25-13-24(43-18-22-16-33-30(38(22)2)39(3)41)17-32-26(25)14-27(37-28)40-8-10-42-11-9-40/h12-14,16-17,20,23H,3-11,18H2,1-2H3,(H,34,35,36). The Labute approximate surface area is 254 Å². The van der Waals surface area contributed by atoms with Crippen molar-refractivity contribution in [2.75, 3.05) is 36.5 Å². The Morgan fingerprint density at radius 1 is 1.11 bits per heavy atom. The first-order valence-corrected chi connectivity index (χ1v) is 14.6. The highest BCUT2D eigenvalue weighted by atomic mass is 16.5. The van der Waals surface area contributed by atoms with Crippen molar-refractivity contribution in [3.8, 4) is 17.7 Å². The summed E-state index contributed by atoms with van der Waals surface area (Å²) in [4.78, 5) is 24.7. The fourth-order valence-electron chi connectivity index (χ4n) is 5.50.